The Bertz CT molecular complexity index is 617. The summed E-state index contributed by atoms with van der Waals surface area (Å²) in [7, 11) is 0. The first-order valence-corrected chi connectivity index (χ1v) is 7.81. The van der Waals surface area contributed by atoms with E-state index in [0.29, 0.717) is 5.02 Å². The number of nitrogens with zero attached hydrogens (tertiary/aromatic N) is 3. The number of morpholine rings is 1. The third kappa shape index (κ3) is 3.74. The predicted octanol–water partition coefficient (Wildman–Crippen LogP) is 2.54. The Hall–Kier alpha value is -1.69. The van der Waals surface area contributed by atoms with E-state index in [9.17, 15) is 0 Å². The molecule has 0 bridgehead atoms. The molecule has 0 radical (unpaired) electrons. The van der Waals surface area contributed by atoms with E-state index < -0.39 is 0 Å². The van der Waals surface area contributed by atoms with Gasteiger partial charge < -0.3 is 10.1 Å². The highest BCUT2D eigenvalue weighted by atomic mass is 35.5. The quantitative estimate of drug-likeness (QED) is 0.918. The molecule has 1 aromatic heterocycles. The second-order valence-corrected chi connectivity index (χ2v) is 5.55. The number of hydrogen-bond donors (Lipinski definition) is 1. The predicted molar refractivity (Wildman–Crippen MR) is 88.2 cm³/mol. The summed E-state index contributed by atoms with van der Waals surface area (Å²) in [5, 5.41) is 4.10. The van der Waals surface area contributed by atoms with E-state index in [1.165, 1.54) is 0 Å². The van der Waals surface area contributed by atoms with Crippen LogP contribution in [0.2, 0.25) is 5.02 Å². The van der Waals surface area contributed by atoms with Crippen molar-refractivity contribution in [3.63, 3.8) is 0 Å². The fourth-order valence-corrected chi connectivity index (χ4v) is 2.74. The minimum atomic E-state index is 0.702. The van der Waals surface area contributed by atoms with Crippen molar-refractivity contribution in [2.75, 3.05) is 44.7 Å². The van der Waals surface area contributed by atoms with Crippen LogP contribution in [0.3, 0.4) is 0 Å². The molecule has 1 N–H and O–H groups in total. The molecule has 6 heteroatoms. The molecule has 3 rings (SSSR count). The topological polar surface area (TPSA) is 50.3 Å². The largest absolute Gasteiger partial charge is 0.379 e. The van der Waals surface area contributed by atoms with Crippen LogP contribution in [0.4, 0.5) is 5.82 Å². The molecular weight excluding hydrogens is 300 g/mol. The minimum absolute atomic E-state index is 0.702. The van der Waals surface area contributed by atoms with Gasteiger partial charge in [-0.3, -0.25) is 4.90 Å². The Morgan fingerprint density at radius 1 is 1.18 bits per heavy atom. The number of ether oxygens (including phenoxy) is 1. The van der Waals surface area contributed by atoms with Crippen molar-refractivity contribution in [1.82, 2.24) is 14.9 Å². The molecule has 0 saturated carbocycles. The first-order chi connectivity index (χ1) is 10.8. The van der Waals surface area contributed by atoms with Crippen molar-refractivity contribution in [2.45, 2.75) is 0 Å². The number of anilines is 1. The van der Waals surface area contributed by atoms with E-state index in [1.54, 1.807) is 12.5 Å². The van der Waals surface area contributed by atoms with Crippen LogP contribution in [-0.2, 0) is 4.74 Å². The number of benzene rings is 1. The molecule has 1 aliphatic heterocycles. The van der Waals surface area contributed by atoms with Crippen LogP contribution in [-0.4, -0.2) is 54.3 Å². The SMILES string of the molecule is Clc1ccccc1-c1cncnc1NCCN1CCOCC1. The lowest BCUT2D eigenvalue weighted by molar-refractivity contribution is 0.0398. The van der Waals surface area contributed by atoms with Crippen molar-refractivity contribution in [2.24, 2.45) is 0 Å². The molecule has 1 aromatic carbocycles. The highest BCUT2D eigenvalue weighted by Crippen LogP contribution is 2.31. The van der Waals surface area contributed by atoms with Crippen LogP contribution in [0.25, 0.3) is 11.1 Å². The zero-order valence-corrected chi connectivity index (χ0v) is 13.1. The Kier molecular flexibility index (Phi) is 5.21. The zero-order valence-electron chi connectivity index (χ0n) is 12.3. The molecular formula is C16H19ClN4O. The third-order valence-electron chi connectivity index (χ3n) is 3.70. The van der Waals surface area contributed by atoms with Crippen LogP contribution in [0.15, 0.2) is 36.8 Å². The van der Waals surface area contributed by atoms with Gasteiger partial charge in [-0.2, -0.15) is 0 Å². The monoisotopic (exact) mass is 318 g/mol. The van der Waals surface area contributed by atoms with Gasteiger partial charge in [0.2, 0.25) is 0 Å². The van der Waals surface area contributed by atoms with Gasteiger partial charge in [-0.15, -0.1) is 0 Å². The maximum Gasteiger partial charge on any atom is 0.137 e. The summed E-state index contributed by atoms with van der Waals surface area (Å²) < 4.78 is 5.36. The second kappa shape index (κ2) is 7.54. The van der Waals surface area contributed by atoms with Crippen LogP contribution in [0.5, 0.6) is 0 Å². The van der Waals surface area contributed by atoms with Crippen LogP contribution in [0.1, 0.15) is 0 Å². The Labute approximate surface area is 135 Å². The van der Waals surface area contributed by atoms with Crippen LogP contribution < -0.4 is 5.32 Å². The van der Waals surface area contributed by atoms with Gasteiger partial charge in [0.1, 0.15) is 12.1 Å². The summed E-state index contributed by atoms with van der Waals surface area (Å²) in [6, 6.07) is 7.74. The molecule has 0 aliphatic carbocycles. The second-order valence-electron chi connectivity index (χ2n) is 5.15. The van der Waals surface area contributed by atoms with Crippen LogP contribution in [0, 0.1) is 0 Å². The van der Waals surface area contributed by atoms with E-state index in [0.717, 1.165) is 56.3 Å². The van der Waals surface area contributed by atoms with Crippen molar-refractivity contribution in [3.8, 4) is 11.1 Å². The maximum absolute atomic E-state index is 6.28. The molecule has 22 heavy (non-hydrogen) atoms. The lowest BCUT2D eigenvalue weighted by Gasteiger charge is -2.26. The normalized spacial score (nSPS) is 15.7. The molecule has 2 aromatic rings. The molecule has 0 amide bonds. The molecule has 0 atom stereocenters. The zero-order chi connectivity index (χ0) is 15.2. The average Bonchev–Trinajstić information content (AvgIpc) is 2.57. The van der Waals surface area contributed by atoms with Gasteiger partial charge in [0, 0.05) is 48.5 Å². The number of halogens is 1. The Morgan fingerprint density at radius 2 is 2.00 bits per heavy atom. The highest BCUT2D eigenvalue weighted by molar-refractivity contribution is 6.33. The van der Waals surface area contributed by atoms with Crippen molar-refractivity contribution >= 4 is 17.4 Å². The minimum Gasteiger partial charge on any atom is -0.379 e. The van der Waals surface area contributed by atoms with Gasteiger partial charge in [0.05, 0.1) is 13.2 Å². The maximum atomic E-state index is 6.28. The molecule has 1 aliphatic rings. The summed E-state index contributed by atoms with van der Waals surface area (Å²) in [6.45, 7) is 5.41. The van der Waals surface area contributed by atoms with Gasteiger partial charge >= 0.3 is 0 Å². The molecule has 5 nitrogen and oxygen atoms in total. The summed E-state index contributed by atoms with van der Waals surface area (Å²) in [6.07, 6.45) is 3.35. The number of rotatable bonds is 5. The lowest BCUT2D eigenvalue weighted by atomic mass is 10.1. The Morgan fingerprint density at radius 3 is 2.82 bits per heavy atom. The number of hydrogen-bond acceptors (Lipinski definition) is 5. The van der Waals surface area contributed by atoms with E-state index in [4.69, 9.17) is 16.3 Å². The van der Waals surface area contributed by atoms with Crippen molar-refractivity contribution in [3.05, 3.63) is 41.8 Å². The standard InChI is InChI=1S/C16H19ClN4O/c17-15-4-2-1-3-13(15)14-11-18-12-20-16(14)19-5-6-21-7-9-22-10-8-21/h1-4,11-12H,5-10H2,(H,18,19,20). The number of nitrogens with one attached hydrogen (secondary N) is 1. The van der Waals surface area contributed by atoms with Gasteiger partial charge in [0.25, 0.3) is 0 Å². The molecule has 1 saturated heterocycles. The lowest BCUT2D eigenvalue weighted by Crippen LogP contribution is -2.39. The number of aromatic nitrogens is 2. The summed E-state index contributed by atoms with van der Waals surface area (Å²) in [5.41, 5.74) is 1.87. The van der Waals surface area contributed by atoms with E-state index >= 15 is 0 Å². The molecule has 0 spiro atoms. The molecule has 2 heterocycles. The summed E-state index contributed by atoms with van der Waals surface area (Å²) in [5.74, 6) is 0.816. The average molecular weight is 319 g/mol. The van der Waals surface area contributed by atoms with Crippen molar-refractivity contribution in [1.29, 1.82) is 0 Å². The third-order valence-corrected chi connectivity index (χ3v) is 4.03. The smallest absolute Gasteiger partial charge is 0.137 e. The van der Waals surface area contributed by atoms with Crippen molar-refractivity contribution < 1.29 is 4.74 Å². The molecule has 1 fully saturated rings. The highest BCUT2D eigenvalue weighted by Gasteiger charge is 2.12. The Balaban J connectivity index is 1.68. The first-order valence-electron chi connectivity index (χ1n) is 7.43. The van der Waals surface area contributed by atoms with E-state index in [1.807, 2.05) is 24.3 Å². The van der Waals surface area contributed by atoms with Gasteiger partial charge in [-0.1, -0.05) is 29.8 Å². The van der Waals surface area contributed by atoms with Crippen LogP contribution >= 0.6 is 11.6 Å². The van der Waals surface area contributed by atoms with E-state index in [2.05, 4.69) is 20.2 Å². The van der Waals surface area contributed by atoms with Gasteiger partial charge in [-0.05, 0) is 6.07 Å². The first kappa shape index (κ1) is 15.2. The van der Waals surface area contributed by atoms with Gasteiger partial charge in [-0.25, -0.2) is 9.97 Å². The summed E-state index contributed by atoms with van der Waals surface area (Å²) >= 11 is 6.28. The van der Waals surface area contributed by atoms with Gasteiger partial charge in [0.15, 0.2) is 0 Å². The van der Waals surface area contributed by atoms with E-state index in [-0.39, 0.29) is 0 Å². The fourth-order valence-electron chi connectivity index (χ4n) is 2.50. The fraction of sp³-hybridized carbons (Fsp3) is 0.375. The molecule has 0 unspecified atom stereocenters. The summed E-state index contributed by atoms with van der Waals surface area (Å²) in [4.78, 5) is 10.9. The molecule has 116 valence electrons.